The van der Waals surface area contributed by atoms with Crippen molar-refractivity contribution in [3.05, 3.63) is 17.5 Å². The molecule has 1 aromatic rings. The number of carbonyl (C=O) groups excluding carboxylic acids is 1. The largest absolute Gasteiger partial charge is 0.381 e. The Hall–Kier alpha value is -1.16. The molecule has 1 aromatic heterocycles. The number of rotatable bonds is 4. The summed E-state index contributed by atoms with van der Waals surface area (Å²) in [4.78, 5) is 11.0. The second-order valence-corrected chi connectivity index (χ2v) is 4.39. The third-order valence-electron chi connectivity index (χ3n) is 3.28. The molecule has 1 saturated heterocycles. The summed E-state index contributed by atoms with van der Waals surface area (Å²) in [6.07, 6.45) is 4.74. The van der Waals surface area contributed by atoms with Crippen LogP contribution in [0.4, 0.5) is 0 Å². The second kappa shape index (κ2) is 4.78. The summed E-state index contributed by atoms with van der Waals surface area (Å²) in [6.45, 7) is 5.69. The van der Waals surface area contributed by atoms with Gasteiger partial charge in [0.15, 0.2) is 6.29 Å². The number of ether oxygens (including phenoxy) is 1. The molecule has 16 heavy (non-hydrogen) atoms. The minimum atomic E-state index is 0.297. The van der Waals surface area contributed by atoms with E-state index >= 15 is 0 Å². The SMILES string of the molecule is CCC(C)n1cc(C=O)c(C2CCOC2)n1. The van der Waals surface area contributed by atoms with E-state index in [4.69, 9.17) is 4.74 Å². The topological polar surface area (TPSA) is 44.1 Å². The van der Waals surface area contributed by atoms with E-state index in [-0.39, 0.29) is 0 Å². The molecule has 0 saturated carbocycles. The number of hydrogen-bond acceptors (Lipinski definition) is 3. The average Bonchev–Trinajstić information content (AvgIpc) is 2.95. The van der Waals surface area contributed by atoms with Crippen molar-refractivity contribution < 1.29 is 9.53 Å². The first-order valence-corrected chi connectivity index (χ1v) is 5.88. The molecule has 0 N–H and O–H groups in total. The molecule has 2 heterocycles. The summed E-state index contributed by atoms with van der Waals surface area (Å²) in [7, 11) is 0. The predicted molar refractivity (Wildman–Crippen MR) is 60.8 cm³/mol. The van der Waals surface area contributed by atoms with Crippen LogP contribution >= 0.6 is 0 Å². The van der Waals surface area contributed by atoms with Gasteiger partial charge in [-0.2, -0.15) is 5.10 Å². The van der Waals surface area contributed by atoms with Gasteiger partial charge in [-0.25, -0.2) is 0 Å². The van der Waals surface area contributed by atoms with Crippen molar-refractivity contribution in [3.63, 3.8) is 0 Å². The Morgan fingerprint density at radius 1 is 1.75 bits per heavy atom. The molecule has 2 unspecified atom stereocenters. The van der Waals surface area contributed by atoms with Crippen molar-refractivity contribution in [1.82, 2.24) is 9.78 Å². The van der Waals surface area contributed by atoms with Crippen LogP contribution in [0, 0.1) is 0 Å². The number of nitrogens with zero attached hydrogens (tertiary/aromatic N) is 2. The summed E-state index contributed by atoms with van der Waals surface area (Å²) in [5, 5.41) is 4.54. The van der Waals surface area contributed by atoms with E-state index < -0.39 is 0 Å². The summed E-state index contributed by atoms with van der Waals surface area (Å²) < 4.78 is 7.24. The maximum Gasteiger partial charge on any atom is 0.153 e. The third-order valence-corrected chi connectivity index (χ3v) is 3.28. The lowest BCUT2D eigenvalue weighted by Gasteiger charge is -2.09. The molecule has 0 aliphatic carbocycles. The molecular formula is C12H18N2O2. The van der Waals surface area contributed by atoms with Crippen molar-refractivity contribution in [1.29, 1.82) is 0 Å². The van der Waals surface area contributed by atoms with Gasteiger partial charge in [-0.1, -0.05) is 6.92 Å². The standard InChI is InChI=1S/C12H18N2O2/c1-3-9(2)14-6-11(7-15)12(13-14)10-4-5-16-8-10/h6-7,9-10H,3-5,8H2,1-2H3. The van der Waals surface area contributed by atoms with E-state index in [9.17, 15) is 4.79 Å². The zero-order valence-electron chi connectivity index (χ0n) is 9.85. The van der Waals surface area contributed by atoms with Gasteiger partial charge in [0.2, 0.25) is 0 Å². The molecule has 1 aliphatic heterocycles. The van der Waals surface area contributed by atoms with Gasteiger partial charge < -0.3 is 4.74 Å². The highest BCUT2D eigenvalue weighted by Gasteiger charge is 2.24. The lowest BCUT2D eigenvalue weighted by Crippen LogP contribution is -2.06. The van der Waals surface area contributed by atoms with Crippen LogP contribution in [-0.2, 0) is 4.74 Å². The fourth-order valence-electron chi connectivity index (χ4n) is 1.99. The second-order valence-electron chi connectivity index (χ2n) is 4.39. The van der Waals surface area contributed by atoms with Crippen LogP contribution in [0.15, 0.2) is 6.20 Å². The Kier molecular flexibility index (Phi) is 3.39. The lowest BCUT2D eigenvalue weighted by atomic mass is 10.0. The normalized spacial score (nSPS) is 22.2. The lowest BCUT2D eigenvalue weighted by molar-refractivity contribution is 0.112. The minimum Gasteiger partial charge on any atom is -0.381 e. The predicted octanol–water partition coefficient (Wildman–Crippen LogP) is 2.17. The monoisotopic (exact) mass is 222 g/mol. The maximum absolute atomic E-state index is 11.0. The van der Waals surface area contributed by atoms with E-state index in [0.717, 1.165) is 37.0 Å². The minimum absolute atomic E-state index is 0.297. The Labute approximate surface area is 95.6 Å². The number of hydrogen-bond donors (Lipinski definition) is 0. The van der Waals surface area contributed by atoms with Crippen LogP contribution in [-0.4, -0.2) is 29.3 Å². The molecule has 1 fully saturated rings. The van der Waals surface area contributed by atoms with Crippen molar-refractivity contribution in [2.75, 3.05) is 13.2 Å². The Balaban J connectivity index is 2.28. The zero-order chi connectivity index (χ0) is 11.5. The molecule has 0 amide bonds. The Morgan fingerprint density at radius 2 is 2.56 bits per heavy atom. The quantitative estimate of drug-likeness (QED) is 0.733. The molecule has 88 valence electrons. The molecule has 0 bridgehead atoms. The van der Waals surface area contributed by atoms with Crippen LogP contribution in [0.5, 0.6) is 0 Å². The van der Waals surface area contributed by atoms with Gasteiger partial charge in [-0.05, 0) is 19.8 Å². The highest BCUT2D eigenvalue weighted by Crippen LogP contribution is 2.27. The summed E-state index contributed by atoms with van der Waals surface area (Å²) in [5.41, 5.74) is 1.63. The fraction of sp³-hybridized carbons (Fsp3) is 0.667. The van der Waals surface area contributed by atoms with Gasteiger partial charge >= 0.3 is 0 Å². The van der Waals surface area contributed by atoms with E-state index in [1.807, 2.05) is 10.9 Å². The van der Waals surface area contributed by atoms with Gasteiger partial charge in [-0.15, -0.1) is 0 Å². The molecule has 0 aromatic carbocycles. The number of aromatic nitrogens is 2. The van der Waals surface area contributed by atoms with Crippen LogP contribution in [0.2, 0.25) is 0 Å². The molecule has 2 atom stereocenters. The zero-order valence-corrected chi connectivity index (χ0v) is 9.85. The smallest absolute Gasteiger partial charge is 0.153 e. The summed E-state index contributed by atoms with van der Waals surface area (Å²) in [6, 6.07) is 0.342. The molecule has 4 nitrogen and oxygen atoms in total. The first-order valence-electron chi connectivity index (χ1n) is 5.88. The molecule has 0 radical (unpaired) electrons. The summed E-state index contributed by atoms with van der Waals surface area (Å²) >= 11 is 0. The number of aldehydes is 1. The Morgan fingerprint density at radius 3 is 3.12 bits per heavy atom. The van der Waals surface area contributed by atoms with Crippen LogP contribution in [0.3, 0.4) is 0 Å². The Bertz CT molecular complexity index is 367. The molecule has 2 rings (SSSR count). The van der Waals surface area contributed by atoms with Crippen molar-refractivity contribution in [2.24, 2.45) is 0 Å². The fourth-order valence-corrected chi connectivity index (χ4v) is 1.99. The highest BCUT2D eigenvalue weighted by molar-refractivity contribution is 5.76. The van der Waals surface area contributed by atoms with E-state index in [1.54, 1.807) is 0 Å². The first kappa shape index (κ1) is 11.3. The first-order chi connectivity index (χ1) is 7.76. The molecule has 0 spiro atoms. The van der Waals surface area contributed by atoms with E-state index in [2.05, 4.69) is 18.9 Å². The van der Waals surface area contributed by atoms with E-state index in [1.165, 1.54) is 0 Å². The van der Waals surface area contributed by atoms with Crippen LogP contribution in [0.25, 0.3) is 0 Å². The van der Waals surface area contributed by atoms with Crippen molar-refractivity contribution >= 4 is 6.29 Å². The van der Waals surface area contributed by atoms with Gasteiger partial charge in [0.05, 0.1) is 17.9 Å². The average molecular weight is 222 g/mol. The summed E-state index contributed by atoms with van der Waals surface area (Å²) in [5.74, 6) is 0.297. The maximum atomic E-state index is 11.0. The van der Waals surface area contributed by atoms with E-state index in [0.29, 0.717) is 18.6 Å². The number of carbonyl (C=O) groups is 1. The van der Waals surface area contributed by atoms with Crippen molar-refractivity contribution in [2.45, 2.75) is 38.6 Å². The van der Waals surface area contributed by atoms with Gasteiger partial charge in [0.25, 0.3) is 0 Å². The van der Waals surface area contributed by atoms with Crippen LogP contribution < -0.4 is 0 Å². The van der Waals surface area contributed by atoms with Crippen molar-refractivity contribution in [3.8, 4) is 0 Å². The molecule has 1 aliphatic rings. The molecule has 4 heteroatoms. The van der Waals surface area contributed by atoms with Gasteiger partial charge in [0.1, 0.15) is 0 Å². The molecular weight excluding hydrogens is 204 g/mol. The third kappa shape index (κ3) is 2.02. The van der Waals surface area contributed by atoms with Crippen LogP contribution in [0.1, 0.15) is 54.7 Å². The highest BCUT2D eigenvalue weighted by atomic mass is 16.5. The van der Waals surface area contributed by atoms with Gasteiger partial charge in [-0.3, -0.25) is 9.48 Å². The van der Waals surface area contributed by atoms with Gasteiger partial charge in [0, 0.05) is 24.8 Å².